The van der Waals surface area contributed by atoms with Gasteiger partial charge in [0.05, 0.1) is 18.2 Å². The smallest absolute Gasteiger partial charge is 0.338 e. The van der Waals surface area contributed by atoms with Crippen molar-refractivity contribution in [3.63, 3.8) is 0 Å². The van der Waals surface area contributed by atoms with E-state index < -0.39 is 82.7 Å². The highest BCUT2D eigenvalue weighted by atomic mass is 16.6. The van der Waals surface area contributed by atoms with Gasteiger partial charge in [0.25, 0.3) is 5.91 Å². The molecule has 6 rings (SSSR count). The lowest BCUT2D eigenvalue weighted by Gasteiger charge is -2.59. The van der Waals surface area contributed by atoms with E-state index in [1.807, 2.05) is 0 Å². The summed E-state index contributed by atoms with van der Waals surface area (Å²) in [4.78, 5) is 39.6. The van der Waals surface area contributed by atoms with Crippen LogP contribution in [0.3, 0.4) is 0 Å². The highest BCUT2D eigenvalue weighted by Crippen LogP contribution is 2.69. The van der Waals surface area contributed by atoms with E-state index in [1.54, 1.807) is 87.5 Å². The average Bonchev–Trinajstić information content (AvgIpc) is 3.81. The van der Waals surface area contributed by atoms with Crippen LogP contribution >= 0.6 is 0 Å². The number of fused-ring (bicyclic) bond motifs is 2. The number of carbonyl (C=O) groups excluding carboxylic acids is 3. The van der Waals surface area contributed by atoms with E-state index in [0.717, 1.165) is 0 Å². The lowest BCUT2D eigenvalue weighted by atomic mass is 9.50. The third-order valence-electron chi connectivity index (χ3n) is 11.6. The van der Waals surface area contributed by atoms with Gasteiger partial charge in [-0.05, 0) is 60.1 Å². The second-order valence-electron chi connectivity index (χ2n) is 14.5. The summed E-state index contributed by atoms with van der Waals surface area (Å²) in [5.74, 6) is -3.51. The highest BCUT2D eigenvalue weighted by Gasteiger charge is 2.72. The summed E-state index contributed by atoms with van der Waals surface area (Å²) in [5, 5.41) is 60.9. The van der Waals surface area contributed by atoms with E-state index in [4.69, 9.17) is 9.47 Å². The Bertz CT molecular complexity index is 1670. The highest BCUT2D eigenvalue weighted by molar-refractivity contribution is 5.95. The summed E-state index contributed by atoms with van der Waals surface area (Å²) in [6.07, 6.45) is -4.29. The molecule has 2 saturated carbocycles. The number of aliphatic hydroxyl groups is 5. The molecule has 4 aliphatic rings. The first-order valence-corrected chi connectivity index (χ1v) is 16.8. The Balaban J connectivity index is 1.39. The van der Waals surface area contributed by atoms with E-state index in [1.165, 1.54) is 6.92 Å². The van der Waals surface area contributed by atoms with E-state index >= 15 is 0 Å². The maximum atomic E-state index is 13.9. The summed E-state index contributed by atoms with van der Waals surface area (Å²) in [5.41, 5.74) is -2.11. The van der Waals surface area contributed by atoms with Crippen molar-refractivity contribution >= 4 is 17.8 Å². The van der Waals surface area contributed by atoms with Gasteiger partial charge < -0.3 is 40.3 Å². The van der Waals surface area contributed by atoms with Crippen molar-refractivity contribution in [2.45, 2.75) is 89.1 Å². The summed E-state index contributed by atoms with van der Waals surface area (Å²) in [6, 6.07) is 15.7. The molecule has 2 aromatic rings. The van der Waals surface area contributed by atoms with Crippen molar-refractivity contribution < 1.29 is 49.4 Å². The second-order valence-corrected chi connectivity index (χ2v) is 14.5. The molecule has 1 amide bonds. The van der Waals surface area contributed by atoms with Gasteiger partial charge in [0.1, 0.15) is 17.8 Å². The fourth-order valence-electron chi connectivity index (χ4n) is 8.88. The van der Waals surface area contributed by atoms with Crippen LogP contribution < -0.4 is 5.32 Å². The minimum Gasteiger partial charge on any atom is -0.456 e. The number of amides is 1. The Labute approximate surface area is 285 Å². The molecule has 49 heavy (non-hydrogen) atoms. The first-order chi connectivity index (χ1) is 23.2. The van der Waals surface area contributed by atoms with Crippen LogP contribution in [0.25, 0.3) is 0 Å². The average molecular weight is 676 g/mol. The molecule has 262 valence electrons. The quantitative estimate of drug-likeness (QED) is 0.180. The molecule has 2 aromatic carbocycles. The molecule has 6 N–H and O–H groups in total. The standard InChI is InChI=1S/C38H45NO10/c1-20-26(49-35(46)31(43)30(22-11-7-5-8-12-22)39-34(45)23-13-9-6-10-14-23)18-38(47)33(44)29-24(19-40)15-16-27(42)37(29)17-25(37)32(48-21(2)41)28(20)36(38,3)4/h5-14,17,24,26-27,29-33,40,42-44,47H,15-16,18-19H2,1-4H3,(H,39,45)/t24?,26-,27-,29?,30?,31+,32-,33-,37+,38+/m0/s1. The van der Waals surface area contributed by atoms with Crippen molar-refractivity contribution in [2.24, 2.45) is 22.7 Å². The Morgan fingerprint density at radius 2 is 1.61 bits per heavy atom. The van der Waals surface area contributed by atoms with Crippen LogP contribution in [-0.2, 0) is 19.1 Å². The van der Waals surface area contributed by atoms with Gasteiger partial charge in [-0.3, -0.25) is 9.59 Å². The van der Waals surface area contributed by atoms with Crippen LogP contribution in [0.4, 0.5) is 0 Å². The molecule has 0 aromatic heterocycles. The molecule has 2 fully saturated rings. The zero-order valence-electron chi connectivity index (χ0n) is 28.1. The van der Waals surface area contributed by atoms with E-state index in [9.17, 15) is 39.9 Å². The molecule has 3 unspecified atom stereocenters. The minimum absolute atomic E-state index is 0.287. The molecule has 4 aliphatic carbocycles. The van der Waals surface area contributed by atoms with Gasteiger partial charge in [-0.2, -0.15) is 0 Å². The van der Waals surface area contributed by atoms with Crippen LogP contribution in [0.2, 0.25) is 0 Å². The Kier molecular flexibility index (Phi) is 9.13. The molecular formula is C38H45NO10. The molecular weight excluding hydrogens is 630 g/mol. The molecule has 1 spiro atoms. The summed E-state index contributed by atoms with van der Waals surface area (Å²) in [7, 11) is 0. The number of rotatable bonds is 8. The molecule has 11 heteroatoms. The number of ether oxygens (including phenoxy) is 2. The van der Waals surface area contributed by atoms with E-state index in [-0.39, 0.29) is 13.0 Å². The largest absolute Gasteiger partial charge is 0.456 e. The van der Waals surface area contributed by atoms with Crippen LogP contribution in [0.5, 0.6) is 0 Å². The lowest BCUT2D eigenvalue weighted by Crippen LogP contribution is -2.67. The van der Waals surface area contributed by atoms with Crippen molar-refractivity contribution in [1.29, 1.82) is 0 Å². The van der Waals surface area contributed by atoms with E-state index in [2.05, 4.69) is 5.32 Å². The normalized spacial score (nSPS) is 34.1. The molecule has 0 heterocycles. The SMILES string of the molecule is CC(=O)O[C@H]1C2=C[C@@]23C(C(CO)CC[C@@H]3O)[C@H](O)[C@]2(O)C[C@H](OC(=O)[C@H](O)C(NC(=O)c3ccccc3)c3ccccc3)C(C)=C1C2(C)C. The molecule has 0 radical (unpaired) electrons. The maximum absolute atomic E-state index is 13.9. The van der Waals surface area contributed by atoms with Crippen molar-refractivity contribution in [3.8, 4) is 0 Å². The third-order valence-corrected chi connectivity index (χ3v) is 11.6. The zero-order valence-corrected chi connectivity index (χ0v) is 28.1. The number of nitrogens with one attached hydrogen (secondary N) is 1. The van der Waals surface area contributed by atoms with Gasteiger partial charge in [-0.1, -0.05) is 68.5 Å². The Hall–Kier alpha value is -3.87. The summed E-state index contributed by atoms with van der Waals surface area (Å²) in [6.45, 7) is 6.11. The van der Waals surface area contributed by atoms with Crippen molar-refractivity contribution in [1.82, 2.24) is 5.32 Å². The van der Waals surface area contributed by atoms with Gasteiger partial charge in [0, 0.05) is 42.3 Å². The topological polar surface area (TPSA) is 183 Å². The van der Waals surface area contributed by atoms with E-state index in [0.29, 0.717) is 40.7 Å². The monoisotopic (exact) mass is 675 g/mol. The van der Waals surface area contributed by atoms with Gasteiger partial charge in [-0.25, -0.2) is 4.79 Å². The van der Waals surface area contributed by atoms with Gasteiger partial charge in [0.2, 0.25) is 0 Å². The first-order valence-electron chi connectivity index (χ1n) is 16.8. The lowest BCUT2D eigenvalue weighted by molar-refractivity contribution is -0.218. The van der Waals surface area contributed by atoms with Crippen LogP contribution in [0, 0.1) is 22.7 Å². The zero-order chi connectivity index (χ0) is 35.5. The molecule has 0 saturated heterocycles. The molecule has 10 atom stereocenters. The fourth-order valence-corrected chi connectivity index (χ4v) is 8.88. The molecule has 0 aliphatic heterocycles. The predicted octanol–water partition coefficient (Wildman–Crippen LogP) is 2.52. The summed E-state index contributed by atoms with van der Waals surface area (Å²) < 4.78 is 11.9. The van der Waals surface area contributed by atoms with Crippen molar-refractivity contribution in [2.75, 3.05) is 6.61 Å². The summed E-state index contributed by atoms with van der Waals surface area (Å²) >= 11 is 0. The predicted molar refractivity (Wildman–Crippen MR) is 176 cm³/mol. The van der Waals surface area contributed by atoms with Crippen LogP contribution in [0.1, 0.15) is 68.9 Å². The number of aliphatic hydroxyl groups excluding tert-OH is 4. The fraction of sp³-hybridized carbons (Fsp3) is 0.500. The van der Waals surface area contributed by atoms with Crippen LogP contribution in [0.15, 0.2) is 83.5 Å². The molecule has 11 nitrogen and oxygen atoms in total. The third kappa shape index (κ3) is 5.61. The number of esters is 2. The van der Waals surface area contributed by atoms with Gasteiger partial charge in [-0.15, -0.1) is 0 Å². The van der Waals surface area contributed by atoms with Crippen molar-refractivity contribution in [3.05, 3.63) is 94.6 Å². The Morgan fingerprint density at radius 3 is 2.22 bits per heavy atom. The molecule has 2 bridgehead atoms. The first kappa shape index (κ1) is 35.0. The minimum atomic E-state index is -2.00. The maximum Gasteiger partial charge on any atom is 0.338 e. The van der Waals surface area contributed by atoms with Gasteiger partial charge >= 0.3 is 11.9 Å². The number of hydrogen-bond donors (Lipinski definition) is 6. The number of benzene rings is 2. The van der Waals surface area contributed by atoms with Crippen LogP contribution in [-0.4, -0.2) is 86.1 Å². The number of hydrogen-bond acceptors (Lipinski definition) is 10. The number of carbonyl (C=O) groups is 3. The second kappa shape index (κ2) is 12.8. The Morgan fingerprint density at radius 1 is 0.980 bits per heavy atom. The van der Waals surface area contributed by atoms with Gasteiger partial charge in [0.15, 0.2) is 6.10 Å².